The molecule has 0 aliphatic carbocycles. The van der Waals surface area contributed by atoms with Gasteiger partial charge in [0.25, 0.3) is 0 Å². The number of Topliss-reactive ketones (excluding diaryl/α,β-unsaturated/α-hetero) is 2. The number of hydrogen-bond donors (Lipinski definition) is 0. The highest BCUT2D eigenvalue weighted by atomic mass is 16.5. The molecule has 0 saturated heterocycles. The van der Waals surface area contributed by atoms with Crippen LogP contribution in [0.4, 0.5) is 0 Å². The Labute approximate surface area is 222 Å². The number of rotatable bonds is 20. The average Bonchev–Trinajstić information content (AvgIpc) is 2.90. The maximum atomic E-state index is 13.0. The third-order valence-electron chi connectivity index (χ3n) is 5.87. The van der Waals surface area contributed by atoms with Crippen LogP contribution in [0.3, 0.4) is 0 Å². The summed E-state index contributed by atoms with van der Waals surface area (Å²) < 4.78 is 23.6. The second-order valence-corrected chi connectivity index (χ2v) is 9.15. The fourth-order valence-corrected chi connectivity index (χ4v) is 3.48. The first-order valence-corrected chi connectivity index (χ1v) is 13.9. The van der Waals surface area contributed by atoms with Gasteiger partial charge in [0.05, 0.1) is 32.8 Å². The van der Waals surface area contributed by atoms with Crippen LogP contribution in [-0.2, 0) is 0 Å². The van der Waals surface area contributed by atoms with E-state index in [1.165, 1.54) is 0 Å². The molecule has 204 valence electrons. The molecule has 6 nitrogen and oxygen atoms in total. The van der Waals surface area contributed by atoms with Gasteiger partial charge in [-0.15, -0.1) is 0 Å². The predicted molar refractivity (Wildman–Crippen MR) is 148 cm³/mol. The quantitative estimate of drug-likeness (QED) is 0.102. The number of carbonyl (C=O) groups excluding carboxylic acids is 2. The minimum atomic E-state index is -0.262. The van der Waals surface area contributed by atoms with E-state index in [0.717, 1.165) is 51.4 Å². The molecule has 0 aliphatic rings. The summed E-state index contributed by atoms with van der Waals surface area (Å²) in [7, 11) is 0. The van der Waals surface area contributed by atoms with Crippen LogP contribution in [-0.4, -0.2) is 38.0 Å². The van der Waals surface area contributed by atoms with Gasteiger partial charge in [-0.1, -0.05) is 53.4 Å². The lowest BCUT2D eigenvalue weighted by atomic mass is 10.0. The molecule has 37 heavy (non-hydrogen) atoms. The average molecular weight is 513 g/mol. The Morgan fingerprint density at radius 2 is 0.838 bits per heavy atom. The largest absolute Gasteiger partial charge is 0.490 e. The zero-order valence-electron chi connectivity index (χ0n) is 23.1. The zero-order valence-corrected chi connectivity index (χ0v) is 23.1. The van der Waals surface area contributed by atoms with Crippen molar-refractivity contribution in [2.75, 3.05) is 26.4 Å². The molecular weight excluding hydrogens is 468 g/mol. The Morgan fingerprint density at radius 3 is 1.16 bits per heavy atom. The van der Waals surface area contributed by atoms with E-state index in [4.69, 9.17) is 18.9 Å². The van der Waals surface area contributed by atoms with E-state index < -0.39 is 0 Å². The van der Waals surface area contributed by atoms with Crippen molar-refractivity contribution in [3.8, 4) is 23.0 Å². The first-order valence-electron chi connectivity index (χ1n) is 13.9. The molecule has 0 aliphatic heterocycles. The third kappa shape index (κ3) is 10.5. The molecule has 2 rings (SSSR count). The van der Waals surface area contributed by atoms with E-state index in [0.29, 0.717) is 60.6 Å². The summed E-state index contributed by atoms with van der Waals surface area (Å²) in [5, 5.41) is 0. The van der Waals surface area contributed by atoms with Gasteiger partial charge < -0.3 is 18.9 Å². The molecule has 0 heterocycles. The summed E-state index contributed by atoms with van der Waals surface area (Å²) in [6.45, 7) is 10.7. The van der Waals surface area contributed by atoms with Crippen molar-refractivity contribution < 1.29 is 28.5 Å². The Kier molecular flexibility index (Phi) is 14.2. The molecule has 2 aromatic rings. The zero-order chi connectivity index (χ0) is 26.9. The van der Waals surface area contributed by atoms with Gasteiger partial charge in [0.2, 0.25) is 0 Å². The smallest absolute Gasteiger partial charge is 0.170 e. The van der Waals surface area contributed by atoms with Gasteiger partial charge >= 0.3 is 0 Å². The second kappa shape index (κ2) is 17.4. The molecule has 0 aromatic heterocycles. The standard InChI is InChI=1S/C31H44O6/c1-5-9-17-34-28-15-13-24(21-30(28)36-19-11-7-3)26(32)23-27(33)25-14-16-29(35-18-10-6-2)31(22-25)37-20-12-8-4/h13-16,21-22H,5-12,17-20,23H2,1-4H3. The van der Waals surface area contributed by atoms with Crippen LogP contribution >= 0.6 is 0 Å². The number of hydrogen-bond acceptors (Lipinski definition) is 6. The van der Waals surface area contributed by atoms with E-state index in [1.807, 2.05) is 0 Å². The van der Waals surface area contributed by atoms with Gasteiger partial charge in [0.15, 0.2) is 34.6 Å². The van der Waals surface area contributed by atoms with E-state index in [-0.39, 0.29) is 18.0 Å². The minimum absolute atomic E-state index is 0.241. The number of carbonyl (C=O) groups is 2. The fraction of sp³-hybridized carbons (Fsp3) is 0.548. The summed E-state index contributed by atoms with van der Waals surface area (Å²) in [5.41, 5.74) is 0.864. The Balaban J connectivity index is 2.15. The second-order valence-electron chi connectivity index (χ2n) is 9.15. The Morgan fingerprint density at radius 1 is 0.514 bits per heavy atom. The summed E-state index contributed by atoms with van der Waals surface area (Å²) in [6, 6.07) is 10.3. The molecule has 0 bridgehead atoms. The lowest BCUT2D eigenvalue weighted by Gasteiger charge is -2.14. The van der Waals surface area contributed by atoms with Crippen molar-refractivity contribution in [3.05, 3.63) is 47.5 Å². The van der Waals surface area contributed by atoms with Crippen molar-refractivity contribution in [1.82, 2.24) is 0 Å². The molecule has 0 saturated carbocycles. The summed E-state index contributed by atoms with van der Waals surface area (Å²) in [5.74, 6) is 1.82. The Bertz CT molecular complexity index is 891. The third-order valence-corrected chi connectivity index (χ3v) is 5.87. The van der Waals surface area contributed by atoms with Crippen LogP contribution < -0.4 is 18.9 Å². The van der Waals surface area contributed by atoms with Crippen molar-refractivity contribution in [1.29, 1.82) is 0 Å². The topological polar surface area (TPSA) is 71.1 Å². The van der Waals surface area contributed by atoms with Crippen molar-refractivity contribution in [2.45, 2.75) is 85.5 Å². The molecule has 6 heteroatoms. The van der Waals surface area contributed by atoms with Crippen LogP contribution in [0.5, 0.6) is 23.0 Å². The van der Waals surface area contributed by atoms with Gasteiger partial charge in [0, 0.05) is 11.1 Å². The highest BCUT2D eigenvalue weighted by molar-refractivity contribution is 6.13. The van der Waals surface area contributed by atoms with Crippen LogP contribution in [0, 0.1) is 0 Å². The SMILES string of the molecule is CCCCOc1ccc(C(=O)CC(=O)c2ccc(OCCCC)c(OCCCC)c2)cc1OCCCC. The molecule has 0 atom stereocenters. The van der Waals surface area contributed by atoms with Crippen LogP contribution in [0.1, 0.15) is 106 Å². The van der Waals surface area contributed by atoms with Gasteiger partial charge in [0.1, 0.15) is 0 Å². The van der Waals surface area contributed by atoms with Gasteiger partial charge in [-0.25, -0.2) is 0 Å². The highest BCUT2D eigenvalue weighted by Crippen LogP contribution is 2.31. The Hall–Kier alpha value is -3.02. The number of ketones is 2. The molecule has 0 radical (unpaired) electrons. The molecular formula is C31H44O6. The minimum Gasteiger partial charge on any atom is -0.490 e. The first kappa shape index (κ1) is 30.2. The highest BCUT2D eigenvalue weighted by Gasteiger charge is 2.18. The fourth-order valence-electron chi connectivity index (χ4n) is 3.48. The first-order chi connectivity index (χ1) is 18.0. The molecule has 0 unspecified atom stereocenters. The van der Waals surface area contributed by atoms with E-state index in [9.17, 15) is 9.59 Å². The number of benzene rings is 2. The molecule has 2 aromatic carbocycles. The lowest BCUT2D eigenvalue weighted by Crippen LogP contribution is -2.10. The molecule has 0 amide bonds. The number of ether oxygens (including phenoxy) is 4. The van der Waals surface area contributed by atoms with Gasteiger partial charge in [-0.05, 0) is 62.1 Å². The van der Waals surface area contributed by atoms with E-state index in [2.05, 4.69) is 27.7 Å². The van der Waals surface area contributed by atoms with Gasteiger partial charge in [-0.2, -0.15) is 0 Å². The van der Waals surface area contributed by atoms with Gasteiger partial charge in [-0.3, -0.25) is 9.59 Å². The predicted octanol–water partition coefficient (Wildman–Crippen LogP) is 7.86. The molecule has 0 spiro atoms. The van der Waals surface area contributed by atoms with E-state index in [1.54, 1.807) is 36.4 Å². The van der Waals surface area contributed by atoms with Crippen LogP contribution in [0.25, 0.3) is 0 Å². The number of unbranched alkanes of at least 4 members (excludes halogenated alkanes) is 4. The molecule has 0 fully saturated rings. The van der Waals surface area contributed by atoms with Crippen LogP contribution in [0.2, 0.25) is 0 Å². The maximum Gasteiger partial charge on any atom is 0.170 e. The van der Waals surface area contributed by atoms with E-state index >= 15 is 0 Å². The normalized spacial score (nSPS) is 10.7. The lowest BCUT2D eigenvalue weighted by molar-refractivity contribution is 0.0893. The monoisotopic (exact) mass is 512 g/mol. The van der Waals surface area contributed by atoms with Crippen molar-refractivity contribution in [3.63, 3.8) is 0 Å². The maximum absolute atomic E-state index is 13.0. The summed E-state index contributed by atoms with van der Waals surface area (Å²) >= 11 is 0. The molecule has 0 N–H and O–H groups in total. The van der Waals surface area contributed by atoms with Crippen molar-refractivity contribution >= 4 is 11.6 Å². The summed E-state index contributed by atoms with van der Waals surface area (Å²) in [4.78, 5) is 26.1. The van der Waals surface area contributed by atoms with Crippen molar-refractivity contribution in [2.24, 2.45) is 0 Å². The van der Waals surface area contributed by atoms with Crippen LogP contribution in [0.15, 0.2) is 36.4 Å². The summed E-state index contributed by atoms with van der Waals surface area (Å²) in [6.07, 6.45) is 7.53.